The van der Waals surface area contributed by atoms with Crippen molar-refractivity contribution in [3.63, 3.8) is 0 Å². The lowest BCUT2D eigenvalue weighted by Crippen LogP contribution is -2.39. The molecule has 1 atom stereocenters. The molecule has 0 saturated heterocycles. The molecule has 14 heavy (non-hydrogen) atoms. The Kier molecular flexibility index (Phi) is 5.23. The number of hydrogen-bond acceptors (Lipinski definition) is 4. The monoisotopic (exact) mass is 203 g/mol. The first-order chi connectivity index (χ1) is 6.43. The first kappa shape index (κ1) is 12.4. The molecule has 5 N–H and O–H groups in total. The average molecular weight is 203 g/mol. The summed E-state index contributed by atoms with van der Waals surface area (Å²) in [7, 11) is 0. The number of carbonyl (C=O) groups is 3. The fourth-order valence-electron chi connectivity index (χ4n) is 0.689. The van der Waals surface area contributed by atoms with Crippen molar-refractivity contribution in [2.45, 2.75) is 19.4 Å². The molecule has 0 bridgehead atoms. The Morgan fingerprint density at radius 2 is 2.00 bits per heavy atom. The topological polar surface area (TPSA) is 122 Å². The van der Waals surface area contributed by atoms with E-state index in [1.54, 1.807) is 0 Å². The number of carboxylic acid groups (broad SMARTS) is 1. The van der Waals surface area contributed by atoms with Crippen molar-refractivity contribution in [1.82, 2.24) is 10.6 Å². The second-order valence-corrected chi connectivity index (χ2v) is 2.68. The van der Waals surface area contributed by atoms with Gasteiger partial charge in [0, 0.05) is 13.0 Å². The molecule has 0 rings (SSSR count). The molecule has 3 amide bonds. The van der Waals surface area contributed by atoms with Gasteiger partial charge in [-0.2, -0.15) is 0 Å². The van der Waals surface area contributed by atoms with Gasteiger partial charge in [-0.05, 0) is 6.92 Å². The van der Waals surface area contributed by atoms with Gasteiger partial charge in [-0.1, -0.05) is 0 Å². The van der Waals surface area contributed by atoms with Crippen LogP contribution in [0.5, 0.6) is 0 Å². The molecule has 0 radical (unpaired) electrons. The predicted octanol–water partition coefficient (Wildman–Crippen LogP) is -1.37. The number of nitrogens with one attached hydrogen (secondary N) is 2. The number of aliphatic carboxylic acids is 1. The molecule has 0 aliphatic rings. The third kappa shape index (κ3) is 5.95. The number of nitrogens with two attached hydrogens (primary N) is 1. The molecule has 0 fully saturated rings. The molecular formula is C7H13N3O4. The lowest BCUT2D eigenvalue weighted by Gasteiger charge is -2.07. The molecule has 0 aliphatic carbocycles. The van der Waals surface area contributed by atoms with Gasteiger partial charge in [0.05, 0.1) is 0 Å². The van der Waals surface area contributed by atoms with Crippen LogP contribution in [0.25, 0.3) is 0 Å². The summed E-state index contributed by atoms with van der Waals surface area (Å²) in [4.78, 5) is 31.3. The van der Waals surface area contributed by atoms with E-state index in [2.05, 4.69) is 11.1 Å². The number of hydrogen-bond donors (Lipinski definition) is 4. The number of carbonyl (C=O) groups excluding carboxylic acids is 2. The van der Waals surface area contributed by atoms with Gasteiger partial charge in [0.15, 0.2) is 0 Å². The van der Waals surface area contributed by atoms with Crippen molar-refractivity contribution < 1.29 is 19.5 Å². The van der Waals surface area contributed by atoms with Crippen molar-refractivity contribution >= 4 is 17.9 Å². The highest BCUT2D eigenvalue weighted by Gasteiger charge is 2.10. The molecule has 7 heteroatoms. The molecule has 0 heterocycles. The van der Waals surface area contributed by atoms with Crippen molar-refractivity contribution in [3.8, 4) is 0 Å². The molecule has 7 nitrogen and oxygen atoms in total. The van der Waals surface area contributed by atoms with Gasteiger partial charge in [-0.25, -0.2) is 4.79 Å². The first-order valence-corrected chi connectivity index (χ1v) is 3.99. The van der Waals surface area contributed by atoms with Crippen LogP contribution in [0.3, 0.4) is 0 Å². The maximum atomic E-state index is 10.8. The summed E-state index contributed by atoms with van der Waals surface area (Å²) in [6, 6.07) is -1.64. The summed E-state index contributed by atoms with van der Waals surface area (Å²) < 4.78 is 0. The smallest absolute Gasteiger partial charge is 0.320 e. The summed E-state index contributed by atoms with van der Waals surface area (Å²) in [6.07, 6.45) is 0.000556. The van der Waals surface area contributed by atoms with Gasteiger partial charge in [0.1, 0.15) is 6.04 Å². The maximum Gasteiger partial charge on any atom is 0.320 e. The summed E-state index contributed by atoms with van der Waals surface area (Å²) in [5.74, 6) is -1.54. The summed E-state index contributed by atoms with van der Waals surface area (Å²) >= 11 is 0. The fourth-order valence-corrected chi connectivity index (χ4v) is 0.689. The van der Waals surface area contributed by atoms with E-state index in [1.807, 2.05) is 5.32 Å². The van der Waals surface area contributed by atoms with E-state index in [1.165, 1.54) is 6.92 Å². The van der Waals surface area contributed by atoms with Crippen molar-refractivity contribution in [3.05, 3.63) is 0 Å². The van der Waals surface area contributed by atoms with Gasteiger partial charge in [-0.3, -0.25) is 14.9 Å². The van der Waals surface area contributed by atoms with E-state index >= 15 is 0 Å². The van der Waals surface area contributed by atoms with Crippen LogP contribution in [0, 0.1) is 0 Å². The molecular weight excluding hydrogens is 190 g/mol. The molecule has 0 aromatic heterocycles. The van der Waals surface area contributed by atoms with E-state index < -0.39 is 23.9 Å². The van der Waals surface area contributed by atoms with Gasteiger partial charge in [-0.15, -0.1) is 0 Å². The molecule has 0 aromatic rings. The Balaban J connectivity index is 3.59. The second-order valence-electron chi connectivity index (χ2n) is 2.68. The van der Waals surface area contributed by atoms with E-state index in [4.69, 9.17) is 5.11 Å². The number of primary amides is 1. The summed E-state index contributed by atoms with van der Waals surface area (Å²) in [5.41, 5.74) is 4.69. The molecule has 0 spiro atoms. The Hall–Kier alpha value is -1.63. The first-order valence-electron chi connectivity index (χ1n) is 3.99. The van der Waals surface area contributed by atoms with Gasteiger partial charge >= 0.3 is 12.0 Å². The number of carboxylic acids is 1. The lowest BCUT2D eigenvalue weighted by atomic mass is 10.3. The number of amides is 3. The molecule has 0 unspecified atom stereocenters. The van der Waals surface area contributed by atoms with Crippen molar-refractivity contribution in [2.24, 2.45) is 5.73 Å². The van der Waals surface area contributed by atoms with E-state index in [0.29, 0.717) is 0 Å². The second kappa shape index (κ2) is 5.92. The fraction of sp³-hybridized carbons (Fsp3) is 0.571. The molecule has 0 aliphatic heterocycles. The minimum Gasteiger partial charge on any atom is -0.480 e. The van der Waals surface area contributed by atoms with Crippen LogP contribution in [0.1, 0.15) is 13.3 Å². The van der Waals surface area contributed by atoms with Crippen molar-refractivity contribution in [1.29, 1.82) is 0 Å². The third-order valence-corrected chi connectivity index (χ3v) is 1.44. The average Bonchev–Trinajstić information content (AvgIpc) is 2.02. The third-order valence-electron chi connectivity index (χ3n) is 1.44. The van der Waals surface area contributed by atoms with Crippen molar-refractivity contribution in [2.75, 3.05) is 6.54 Å². The number of rotatable bonds is 5. The van der Waals surface area contributed by atoms with Gasteiger partial charge < -0.3 is 16.2 Å². The van der Waals surface area contributed by atoms with Crippen LogP contribution in [-0.2, 0) is 9.59 Å². The quantitative estimate of drug-likeness (QED) is 0.439. The minimum absolute atomic E-state index is 0.000556. The zero-order valence-electron chi connectivity index (χ0n) is 7.74. The van der Waals surface area contributed by atoms with Crippen LogP contribution in [0.15, 0.2) is 0 Å². The Morgan fingerprint density at radius 3 is 2.43 bits per heavy atom. The summed E-state index contributed by atoms with van der Waals surface area (Å²) in [6.45, 7) is 1.63. The van der Waals surface area contributed by atoms with E-state index in [-0.39, 0.29) is 13.0 Å². The zero-order chi connectivity index (χ0) is 11.1. The lowest BCUT2D eigenvalue weighted by molar-refractivity contribution is -0.139. The number of imide groups is 1. The normalized spacial score (nSPS) is 11.8. The Bertz CT molecular complexity index is 241. The summed E-state index contributed by atoms with van der Waals surface area (Å²) in [5, 5.41) is 12.9. The number of urea groups is 1. The van der Waals surface area contributed by atoms with Crippen LogP contribution < -0.4 is 16.4 Å². The van der Waals surface area contributed by atoms with Crippen LogP contribution in [-0.4, -0.2) is 35.6 Å². The highest BCUT2D eigenvalue weighted by atomic mass is 16.4. The largest absolute Gasteiger partial charge is 0.480 e. The van der Waals surface area contributed by atoms with Gasteiger partial charge in [0.2, 0.25) is 5.91 Å². The van der Waals surface area contributed by atoms with Crippen LogP contribution >= 0.6 is 0 Å². The Morgan fingerprint density at radius 1 is 1.43 bits per heavy atom. The molecule has 80 valence electrons. The minimum atomic E-state index is -1.000. The highest BCUT2D eigenvalue weighted by Crippen LogP contribution is 1.83. The van der Waals surface area contributed by atoms with E-state index in [9.17, 15) is 14.4 Å². The van der Waals surface area contributed by atoms with Crippen LogP contribution in [0.2, 0.25) is 0 Å². The van der Waals surface area contributed by atoms with Crippen LogP contribution in [0.4, 0.5) is 4.79 Å². The predicted molar refractivity (Wildman–Crippen MR) is 47.4 cm³/mol. The van der Waals surface area contributed by atoms with E-state index in [0.717, 1.165) is 0 Å². The van der Waals surface area contributed by atoms with Gasteiger partial charge in [0.25, 0.3) is 0 Å². The zero-order valence-corrected chi connectivity index (χ0v) is 7.74. The Labute approximate surface area is 80.6 Å². The standard InChI is InChI=1S/C7H13N3O4/c1-4(6(12)13)9-3-2-5(11)10-7(8)14/h4,9H,2-3H2,1H3,(H,12,13)(H3,8,10,11,14)/t4-/m1/s1. The molecule has 0 aromatic carbocycles. The SMILES string of the molecule is C[C@@H](NCCC(=O)NC(N)=O)C(=O)O. The maximum absolute atomic E-state index is 10.8. The highest BCUT2D eigenvalue weighted by molar-refractivity contribution is 5.93. The molecule has 0 saturated carbocycles.